The smallest absolute Gasteiger partial charge is 0.187 e. The number of benzene rings is 3. The number of fused-ring (bicyclic) bond motifs is 1. The SMILES string of the molecule is CC1(C)O[C@@H]2[C@@H](COC(c3ccccc3)(c3ccccc3)c3ccccc3)OC(O)[C@]2(C)O1. The van der Waals surface area contributed by atoms with Crippen LogP contribution in [-0.4, -0.2) is 41.6 Å². The summed E-state index contributed by atoms with van der Waals surface area (Å²) in [5.41, 5.74) is 1.20. The van der Waals surface area contributed by atoms with Gasteiger partial charge in [-0.2, -0.15) is 0 Å². The molecule has 0 aliphatic carbocycles. The first-order chi connectivity index (χ1) is 15.9. The van der Waals surface area contributed by atoms with E-state index in [1.807, 2.05) is 75.4 Å². The highest BCUT2D eigenvalue weighted by molar-refractivity contribution is 5.47. The van der Waals surface area contributed by atoms with Gasteiger partial charge in [-0.15, -0.1) is 0 Å². The average Bonchev–Trinajstić information content (AvgIpc) is 3.22. The van der Waals surface area contributed by atoms with Crippen molar-refractivity contribution in [2.45, 2.75) is 56.3 Å². The van der Waals surface area contributed by atoms with Gasteiger partial charge in [0.25, 0.3) is 0 Å². The number of ether oxygens (including phenoxy) is 4. The Balaban J connectivity index is 1.56. The Hall–Kier alpha value is -2.54. The van der Waals surface area contributed by atoms with Gasteiger partial charge in [0.1, 0.15) is 23.4 Å². The van der Waals surface area contributed by atoms with Crippen LogP contribution in [0.1, 0.15) is 37.5 Å². The van der Waals surface area contributed by atoms with E-state index in [0.717, 1.165) is 16.7 Å². The second kappa shape index (κ2) is 8.35. The number of rotatable bonds is 6. The minimum Gasteiger partial charge on any atom is -0.366 e. The quantitative estimate of drug-likeness (QED) is 0.560. The molecule has 5 rings (SSSR count). The lowest BCUT2D eigenvalue weighted by molar-refractivity contribution is -0.247. The van der Waals surface area contributed by atoms with Crippen LogP contribution in [0.15, 0.2) is 91.0 Å². The standard InChI is InChI=1S/C28H30O5/c1-26(2)32-24-23(31-25(29)27(24,3)33-26)19-30-28(20-13-7-4-8-14-20,21-15-9-5-10-16-21)22-17-11-6-12-18-22/h4-18,23-25,29H,19H2,1-3H3/t23-,24-,25?,27-/m1/s1. The van der Waals surface area contributed by atoms with Crippen molar-refractivity contribution in [1.29, 1.82) is 0 Å². The van der Waals surface area contributed by atoms with Crippen LogP contribution in [-0.2, 0) is 24.5 Å². The molecule has 4 atom stereocenters. The van der Waals surface area contributed by atoms with Crippen molar-refractivity contribution >= 4 is 0 Å². The normalized spacial score (nSPS) is 28.5. The van der Waals surface area contributed by atoms with Crippen molar-refractivity contribution in [1.82, 2.24) is 0 Å². The maximum absolute atomic E-state index is 10.7. The van der Waals surface area contributed by atoms with Gasteiger partial charge in [0.05, 0.1) is 6.61 Å². The molecule has 2 aliphatic heterocycles. The van der Waals surface area contributed by atoms with Gasteiger partial charge in [0, 0.05) is 0 Å². The van der Waals surface area contributed by atoms with E-state index < -0.39 is 35.5 Å². The van der Waals surface area contributed by atoms with Crippen LogP contribution in [0.4, 0.5) is 0 Å². The number of hydrogen-bond donors (Lipinski definition) is 1. The molecule has 0 aromatic heterocycles. The summed E-state index contributed by atoms with van der Waals surface area (Å²) in [7, 11) is 0. The Morgan fingerprint density at radius 3 is 1.70 bits per heavy atom. The van der Waals surface area contributed by atoms with Gasteiger partial charge in [-0.25, -0.2) is 0 Å². The van der Waals surface area contributed by atoms with Gasteiger partial charge in [-0.3, -0.25) is 0 Å². The molecule has 2 aliphatic rings. The first-order valence-electron chi connectivity index (χ1n) is 11.4. The van der Waals surface area contributed by atoms with Crippen LogP contribution in [0.5, 0.6) is 0 Å². The van der Waals surface area contributed by atoms with Crippen molar-refractivity contribution in [2.75, 3.05) is 6.61 Å². The van der Waals surface area contributed by atoms with Crippen molar-refractivity contribution in [3.63, 3.8) is 0 Å². The summed E-state index contributed by atoms with van der Waals surface area (Å²) < 4.78 is 25.0. The first-order valence-corrected chi connectivity index (χ1v) is 11.4. The lowest BCUT2D eigenvalue weighted by atomic mass is 9.80. The maximum atomic E-state index is 10.7. The van der Waals surface area contributed by atoms with Crippen molar-refractivity contribution in [3.8, 4) is 0 Å². The van der Waals surface area contributed by atoms with Crippen LogP contribution in [0.2, 0.25) is 0 Å². The third-order valence-corrected chi connectivity index (χ3v) is 6.58. The second-order valence-electron chi connectivity index (χ2n) is 9.34. The van der Waals surface area contributed by atoms with Gasteiger partial charge >= 0.3 is 0 Å². The molecule has 0 spiro atoms. The van der Waals surface area contributed by atoms with Crippen molar-refractivity contribution in [2.24, 2.45) is 0 Å². The van der Waals surface area contributed by atoms with E-state index in [2.05, 4.69) is 36.4 Å². The molecule has 0 bridgehead atoms. The predicted molar refractivity (Wildman–Crippen MR) is 124 cm³/mol. The van der Waals surface area contributed by atoms with E-state index in [1.54, 1.807) is 0 Å². The maximum Gasteiger partial charge on any atom is 0.187 e. The Kier molecular flexibility index (Phi) is 5.63. The molecule has 1 unspecified atom stereocenters. The fraction of sp³-hybridized carbons (Fsp3) is 0.357. The number of hydrogen-bond acceptors (Lipinski definition) is 5. The van der Waals surface area contributed by atoms with Crippen molar-refractivity contribution in [3.05, 3.63) is 108 Å². The third kappa shape index (κ3) is 3.80. The van der Waals surface area contributed by atoms with Gasteiger partial charge < -0.3 is 24.1 Å². The van der Waals surface area contributed by atoms with Crippen LogP contribution in [0, 0.1) is 0 Å². The van der Waals surface area contributed by atoms with Crippen LogP contribution in [0.25, 0.3) is 0 Å². The lowest BCUT2D eigenvalue weighted by Gasteiger charge is -2.37. The van der Waals surface area contributed by atoms with E-state index in [1.165, 1.54) is 0 Å². The van der Waals surface area contributed by atoms with Gasteiger partial charge in [0.2, 0.25) is 0 Å². The van der Waals surface area contributed by atoms with E-state index in [-0.39, 0.29) is 6.61 Å². The van der Waals surface area contributed by atoms with E-state index >= 15 is 0 Å². The molecule has 172 valence electrons. The molecule has 2 heterocycles. The summed E-state index contributed by atoms with van der Waals surface area (Å²) >= 11 is 0. The predicted octanol–water partition coefficient (Wildman–Crippen LogP) is 4.62. The highest BCUT2D eigenvalue weighted by Crippen LogP contribution is 2.47. The average molecular weight is 447 g/mol. The summed E-state index contributed by atoms with van der Waals surface area (Å²) in [5.74, 6) is -0.808. The second-order valence-corrected chi connectivity index (χ2v) is 9.34. The molecule has 5 nitrogen and oxygen atoms in total. The summed E-state index contributed by atoms with van der Waals surface area (Å²) in [5, 5.41) is 10.7. The summed E-state index contributed by atoms with van der Waals surface area (Å²) in [6.07, 6.45) is -2.05. The van der Waals surface area contributed by atoms with Gasteiger partial charge in [0.15, 0.2) is 12.1 Å². The fourth-order valence-corrected chi connectivity index (χ4v) is 5.14. The molecule has 2 saturated heterocycles. The fourth-order valence-electron chi connectivity index (χ4n) is 5.14. The Morgan fingerprint density at radius 2 is 1.24 bits per heavy atom. The molecule has 0 amide bonds. The Labute approximate surface area is 194 Å². The van der Waals surface area contributed by atoms with Crippen LogP contribution >= 0.6 is 0 Å². The lowest BCUT2D eigenvalue weighted by Crippen LogP contribution is -2.44. The Morgan fingerprint density at radius 1 is 0.788 bits per heavy atom. The topological polar surface area (TPSA) is 57.2 Å². The number of aliphatic hydroxyl groups excluding tert-OH is 1. The van der Waals surface area contributed by atoms with E-state index in [9.17, 15) is 5.11 Å². The molecule has 2 fully saturated rings. The third-order valence-electron chi connectivity index (χ3n) is 6.58. The van der Waals surface area contributed by atoms with E-state index in [4.69, 9.17) is 18.9 Å². The highest BCUT2D eigenvalue weighted by Gasteiger charge is 2.63. The molecule has 33 heavy (non-hydrogen) atoms. The summed E-state index contributed by atoms with van der Waals surface area (Å²) in [6, 6.07) is 30.5. The molecule has 1 N–H and O–H groups in total. The van der Waals surface area contributed by atoms with Crippen LogP contribution < -0.4 is 0 Å². The molecule has 5 heteroatoms. The number of aliphatic hydroxyl groups is 1. The molecular formula is C28H30O5. The molecule has 3 aromatic carbocycles. The molecule has 0 radical (unpaired) electrons. The van der Waals surface area contributed by atoms with E-state index in [0.29, 0.717) is 0 Å². The monoisotopic (exact) mass is 446 g/mol. The molecule has 3 aromatic rings. The molecular weight excluding hydrogens is 416 g/mol. The minimum atomic E-state index is -1.10. The molecule has 0 saturated carbocycles. The summed E-state index contributed by atoms with van der Waals surface area (Å²) in [6.45, 7) is 5.73. The van der Waals surface area contributed by atoms with Crippen LogP contribution in [0.3, 0.4) is 0 Å². The zero-order valence-electron chi connectivity index (χ0n) is 19.2. The van der Waals surface area contributed by atoms with Crippen molar-refractivity contribution < 1.29 is 24.1 Å². The van der Waals surface area contributed by atoms with Gasteiger partial charge in [-0.05, 0) is 37.5 Å². The zero-order chi connectivity index (χ0) is 23.1. The largest absolute Gasteiger partial charge is 0.366 e. The van der Waals surface area contributed by atoms with Gasteiger partial charge in [-0.1, -0.05) is 91.0 Å². The zero-order valence-corrected chi connectivity index (χ0v) is 19.2. The minimum absolute atomic E-state index is 0.204. The highest BCUT2D eigenvalue weighted by atomic mass is 16.8. The Bertz CT molecular complexity index is 973. The first kappa shape index (κ1) is 22.3. The summed E-state index contributed by atoms with van der Waals surface area (Å²) in [4.78, 5) is 0.